The molecule has 0 bridgehead atoms. The molecule has 0 atom stereocenters. The van der Waals surface area contributed by atoms with E-state index < -0.39 is 0 Å². The van der Waals surface area contributed by atoms with Gasteiger partial charge in [0.05, 0.1) is 11.0 Å². The Balaban J connectivity index is 2.38. The first kappa shape index (κ1) is 13.3. The van der Waals surface area contributed by atoms with Gasteiger partial charge < -0.3 is 9.73 Å². The predicted molar refractivity (Wildman–Crippen MR) is 69.9 cm³/mol. The fourth-order valence-corrected chi connectivity index (χ4v) is 1.79. The van der Waals surface area contributed by atoms with Gasteiger partial charge in [0, 0.05) is 6.54 Å². The van der Waals surface area contributed by atoms with E-state index in [4.69, 9.17) is 4.42 Å². The molecule has 0 aliphatic carbocycles. The summed E-state index contributed by atoms with van der Waals surface area (Å²) in [4.78, 5) is 0. The number of nitrogens with one attached hydrogen (secondary N) is 1. The van der Waals surface area contributed by atoms with Crippen LogP contribution in [0.1, 0.15) is 33.0 Å². The fourth-order valence-electron chi connectivity index (χ4n) is 1.13. The Bertz CT molecular complexity index is 301. The van der Waals surface area contributed by atoms with Crippen LogP contribution in [0, 0.1) is 5.41 Å². The lowest BCUT2D eigenvalue weighted by Crippen LogP contribution is -2.28. The molecule has 0 saturated heterocycles. The minimum Gasteiger partial charge on any atom is -0.452 e. The molecule has 15 heavy (non-hydrogen) atoms. The third-order valence-corrected chi connectivity index (χ3v) is 4.27. The molecule has 1 N–H and O–H groups in total. The van der Waals surface area contributed by atoms with Gasteiger partial charge in [-0.05, 0) is 49.8 Å². The Labute approximate surface area is 108 Å². The van der Waals surface area contributed by atoms with Gasteiger partial charge in [0.15, 0.2) is 4.67 Å². The molecule has 1 rings (SSSR count). The highest BCUT2D eigenvalue weighted by atomic mass is 79.9. The van der Waals surface area contributed by atoms with Gasteiger partial charge in [0.2, 0.25) is 0 Å². The highest BCUT2D eigenvalue weighted by Gasteiger charge is 2.14. The highest BCUT2D eigenvalue weighted by Crippen LogP contribution is 2.26. The van der Waals surface area contributed by atoms with E-state index in [1.54, 1.807) is 0 Å². The predicted octanol–water partition coefficient (Wildman–Crippen LogP) is 4.33. The largest absolute Gasteiger partial charge is 0.452 e. The summed E-state index contributed by atoms with van der Waals surface area (Å²) < 4.78 is 7.20. The Morgan fingerprint density at radius 2 is 2.07 bits per heavy atom. The summed E-state index contributed by atoms with van der Waals surface area (Å²) in [6.07, 6.45) is 1.17. The number of hydrogen-bond donors (Lipinski definition) is 1. The van der Waals surface area contributed by atoms with Crippen LogP contribution in [0.3, 0.4) is 0 Å². The number of hydrogen-bond acceptors (Lipinski definition) is 2. The van der Waals surface area contributed by atoms with Crippen molar-refractivity contribution in [3.8, 4) is 0 Å². The van der Waals surface area contributed by atoms with E-state index >= 15 is 0 Å². The lowest BCUT2D eigenvalue weighted by molar-refractivity contribution is 0.320. The van der Waals surface area contributed by atoms with Crippen LogP contribution in [0.15, 0.2) is 19.6 Å². The standard InChI is InChI=1S/C11H17Br2NO/c1-4-11(2,3)7-14-6-8-5-9(12)10(13)15-8/h5,14H,4,6-7H2,1-3H3. The van der Waals surface area contributed by atoms with Crippen molar-refractivity contribution in [1.82, 2.24) is 5.32 Å². The van der Waals surface area contributed by atoms with Crippen LogP contribution in [0.25, 0.3) is 0 Å². The maximum atomic E-state index is 5.47. The van der Waals surface area contributed by atoms with Gasteiger partial charge in [-0.15, -0.1) is 0 Å². The van der Waals surface area contributed by atoms with E-state index in [1.807, 2.05) is 6.07 Å². The second-order valence-corrected chi connectivity index (χ2v) is 6.03. The van der Waals surface area contributed by atoms with E-state index in [1.165, 1.54) is 6.42 Å². The highest BCUT2D eigenvalue weighted by molar-refractivity contribution is 9.13. The smallest absolute Gasteiger partial charge is 0.183 e. The maximum Gasteiger partial charge on any atom is 0.183 e. The summed E-state index contributed by atoms with van der Waals surface area (Å²) in [5.74, 6) is 0.945. The lowest BCUT2D eigenvalue weighted by Gasteiger charge is -2.22. The van der Waals surface area contributed by atoms with E-state index in [0.29, 0.717) is 5.41 Å². The monoisotopic (exact) mass is 337 g/mol. The van der Waals surface area contributed by atoms with Gasteiger partial charge in [-0.3, -0.25) is 0 Å². The third-order valence-electron chi connectivity index (χ3n) is 2.56. The minimum absolute atomic E-state index is 0.348. The quantitative estimate of drug-likeness (QED) is 0.864. The minimum atomic E-state index is 0.348. The van der Waals surface area contributed by atoms with Crippen molar-refractivity contribution < 1.29 is 4.42 Å². The van der Waals surface area contributed by atoms with Gasteiger partial charge in [-0.2, -0.15) is 0 Å². The van der Waals surface area contributed by atoms with Gasteiger partial charge in [-0.1, -0.05) is 20.8 Å². The van der Waals surface area contributed by atoms with Crippen LogP contribution in [0.2, 0.25) is 0 Å². The van der Waals surface area contributed by atoms with Crippen LogP contribution in [-0.4, -0.2) is 6.54 Å². The zero-order valence-corrected chi connectivity index (χ0v) is 12.5. The normalized spacial score (nSPS) is 12.1. The molecular formula is C11H17Br2NO. The summed E-state index contributed by atoms with van der Waals surface area (Å²) in [7, 11) is 0. The SMILES string of the molecule is CCC(C)(C)CNCc1cc(Br)c(Br)o1. The lowest BCUT2D eigenvalue weighted by atomic mass is 9.90. The molecule has 0 aliphatic heterocycles. The van der Waals surface area contributed by atoms with Crippen molar-refractivity contribution in [3.05, 3.63) is 21.0 Å². The third kappa shape index (κ3) is 4.29. The van der Waals surface area contributed by atoms with Crippen LogP contribution >= 0.6 is 31.9 Å². The summed E-state index contributed by atoms with van der Waals surface area (Å²) in [5, 5.41) is 3.40. The Hall–Kier alpha value is 0.200. The summed E-state index contributed by atoms with van der Waals surface area (Å²) >= 11 is 6.71. The zero-order chi connectivity index (χ0) is 11.5. The molecule has 2 nitrogen and oxygen atoms in total. The second kappa shape index (κ2) is 5.51. The average molecular weight is 339 g/mol. The van der Waals surface area contributed by atoms with Gasteiger partial charge in [0.25, 0.3) is 0 Å². The Morgan fingerprint density at radius 1 is 1.40 bits per heavy atom. The van der Waals surface area contributed by atoms with Crippen molar-refractivity contribution in [2.75, 3.05) is 6.54 Å². The average Bonchev–Trinajstić information content (AvgIpc) is 2.46. The first-order valence-corrected chi connectivity index (χ1v) is 6.67. The van der Waals surface area contributed by atoms with E-state index in [9.17, 15) is 0 Å². The summed E-state index contributed by atoms with van der Waals surface area (Å²) in [5.41, 5.74) is 0.348. The van der Waals surface area contributed by atoms with Crippen LogP contribution in [0.5, 0.6) is 0 Å². The molecule has 1 aromatic rings. The van der Waals surface area contributed by atoms with Crippen molar-refractivity contribution in [1.29, 1.82) is 0 Å². The molecule has 0 saturated carbocycles. The van der Waals surface area contributed by atoms with Crippen LogP contribution < -0.4 is 5.32 Å². The van der Waals surface area contributed by atoms with Crippen molar-refractivity contribution >= 4 is 31.9 Å². The second-order valence-electron chi connectivity index (χ2n) is 4.46. The molecule has 0 radical (unpaired) electrons. The Morgan fingerprint density at radius 3 is 2.53 bits per heavy atom. The molecule has 4 heteroatoms. The molecule has 0 amide bonds. The summed E-state index contributed by atoms with van der Waals surface area (Å²) in [6, 6.07) is 1.98. The molecule has 1 aromatic heterocycles. The van der Waals surface area contributed by atoms with E-state index in [-0.39, 0.29) is 0 Å². The maximum absolute atomic E-state index is 5.47. The first-order valence-electron chi connectivity index (χ1n) is 5.09. The van der Waals surface area contributed by atoms with Crippen molar-refractivity contribution in [2.45, 2.75) is 33.7 Å². The number of rotatable bonds is 5. The molecule has 0 spiro atoms. The van der Waals surface area contributed by atoms with E-state index in [0.717, 1.165) is 28.0 Å². The molecule has 0 aliphatic rings. The van der Waals surface area contributed by atoms with E-state index in [2.05, 4.69) is 57.9 Å². The van der Waals surface area contributed by atoms with Crippen molar-refractivity contribution in [3.63, 3.8) is 0 Å². The molecule has 86 valence electrons. The molecule has 0 unspecified atom stereocenters. The number of halogens is 2. The topological polar surface area (TPSA) is 25.2 Å². The molecule has 0 aromatic carbocycles. The van der Waals surface area contributed by atoms with Crippen LogP contribution in [-0.2, 0) is 6.54 Å². The molecule has 0 fully saturated rings. The molecular weight excluding hydrogens is 322 g/mol. The summed E-state index contributed by atoms with van der Waals surface area (Å²) in [6.45, 7) is 8.50. The van der Waals surface area contributed by atoms with Gasteiger partial charge in [-0.25, -0.2) is 0 Å². The van der Waals surface area contributed by atoms with Crippen LogP contribution in [0.4, 0.5) is 0 Å². The molecule has 1 heterocycles. The fraction of sp³-hybridized carbons (Fsp3) is 0.636. The Kier molecular flexibility index (Phi) is 4.87. The number of furan rings is 1. The van der Waals surface area contributed by atoms with Gasteiger partial charge >= 0.3 is 0 Å². The van der Waals surface area contributed by atoms with Crippen molar-refractivity contribution in [2.24, 2.45) is 5.41 Å². The first-order chi connectivity index (χ1) is 6.94. The zero-order valence-electron chi connectivity index (χ0n) is 9.36. The van der Waals surface area contributed by atoms with Gasteiger partial charge in [0.1, 0.15) is 5.76 Å².